The number of carbonyl (C=O) groups excluding carboxylic acids is 4. The number of amides is 7. The van der Waals surface area contributed by atoms with E-state index in [1.807, 2.05) is 232 Å². The summed E-state index contributed by atoms with van der Waals surface area (Å²) in [6, 6.07) is 87.4. The van der Waals surface area contributed by atoms with E-state index in [2.05, 4.69) is 141 Å². The van der Waals surface area contributed by atoms with Crippen LogP contribution in [0.2, 0.25) is 0 Å². The lowest BCUT2D eigenvalue weighted by Gasteiger charge is -2.12. The number of anilines is 5. The Morgan fingerprint density at radius 3 is 0.867 bits per heavy atom. The number of fused-ring (bicyclic) bond motifs is 5. The van der Waals surface area contributed by atoms with Gasteiger partial charge in [-0.15, -0.1) is 11.6 Å². The van der Waals surface area contributed by atoms with Gasteiger partial charge in [-0.25, -0.2) is 27.6 Å². The van der Waals surface area contributed by atoms with Gasteiger partial charge in [0.15, 0.2) is 0 Å². The molecule has 11 aromatic carbocycles. The molecule has 0 spiro atoms. The topological polar surface area (TPSA) is 398 Å². The molecule has 0 fully saturated rings. The summed E-state index contributed by atoms with van der Waals surface area (Å²) in [4.78, 5) is 47.5. The molecule has 0 bridgehead atoms. The number of nitriles is 5. The van der Waals surface area contributed by atoms with Crippen LogP contribution in [0.4, 0.5) is 47.6 Å². The molecule has 8 N–H and O–H groups in total. The molecule has 0 aliphatic rings. The molecule has 5 heterocycles. The predicted molar refractivity (Wildman–Crippen MR) is 600 cm³/mol. The minimum atomic E-state index is -3.44. The number of sulfonamides is 1. The number of aryl methyl sites for hydroxylation is 5. The Kier molecular flexibility index (Phi) is 40.3. The Morgan fingerprint density at radius 2 is 0.613 bits per heavy atom. The smallest absolute Gasteiger partial charge is 0.411 e. The zero-order chi connectivity index (χ0) is 108. The molecular weight excluding hydrogens is 1930 g/mol. The molecule has 0 radical (unpaired) electrons. The standard InChI is InChI=1S/C28H28N4O2.C24H28N4O2.C23H26N4O2.C22H24ClN3O3S.C21H21N3O3/c1-3-17-32-26-18-23(34-2)13-14-24(26)25(19-29)27(32)21-9-11-22(12-10-21)31-28(33)30-16-15-20-7-5-4-6-8-20;1-4-6-13-26-24(29)27-18-9-7-17(8-10-18)23-21(16-25)20-12-11-19(30-3)15-22(20)28(23)14-5-2;1-5-12-27-21-13-18(29-4)10-11-19(21)20(14-24)22(27)16-6-8-17(9-7-16)26-23(28)25-15(2)3;1-3-12-26-21-14-18(29-2)9-10-19(21)20(15-24)22(26)16-5-7-17(8-6-16)25-30(27,28)13-4-11-23;1-4-11-24-19-12-16(26-2)9-10-17(19)18(13-22)20(24)14-5-7-15(8-6-14)23-21(25)27-3/h4-14,18H,3,15-17H2,1-2H3,(H2,30,31,33);7-12,15H,4-6,13-14H2,1-3H3,(H2,26,27,29);6-11,13,15H,5,12H2,1-4H3,(H2,25,26,28);5-10,14,25H,3-4,11-13H2,1-2H3;5-10,12H,4,11H2,1-3H3,(H,23,25). The molecule has 32 heteroatoms. The largest absolute Gasteiger partial charge is 0.497 e. The van der Waals surface area contributed by atoms with Crippen molar-refractivity contribution in [2.24, 2.45) is 0 Å². The number of unbranched alkanes of at least 4 members (excludes halogenated alkanes) is 1. The molecule has 7 amide bonds. The van der Waals surface area contributed by atoms with Crippen molar-refractivity contribution in [2.45, 2.75) is 152 Å². The van der Waals surface area contributed by atoms with E-state index < -0.39 is 16.1 Å². The lowest BCUT2D eigenvalue weighted by Crippen LogP contribution is -2.34. The number of halogens is 1. The lowest BCUT2D eigenvalue weighted by molar-refractivity contribution is 0.187. The first-order valence-electron chi connectivity index (χ1n) is 50.0. The molecular formula is C118H127ClN18O12S. The predicted octanol–water partition coefficient (Wildman–Crippen LogP) is 26.4. The summed E-state index contributed by atoms with van der Waals surface area (Å²) in [6.45, 7) is 21.5. The van der Waals surface area contributed by atoms with Gasteiger partial charge in [-0.1, -0.05) is 139 Å². The highest BCUT2D eigenvalue weighted by Gasteiger charge is 2.27. The summed E-state index contributed by atoms with van der Waals surface area (Å²) >= 11 is 5.59. The number of methoxy groups -OCH3 is 6. The highest BCUT2D eigenvalue weighted by Crippen LogP contribution is 2.43. The van der Waals surface area contributed by atoms with Crippen molar-refractivity contribution in [3.05, 3.63) is 276 Å². The first-order chi connectivity index (χ1) is 72.8. The monoisotopic (exact) mass is 2050 g/mol. The maximum Gasteiger partial charge on any atom is 0.411 e. The first kappa shape index (κ1) is 111. The number of nitrogens with one attached hydrogen (secondary N) is 8. The van der Waals surface area contributed by atoms with E-state index in [1.54, 1.807) is 59.8 Å². The third-order valence-electron chi connectivity index (χ3n) is 24.7. The summed E-state index contributed by atoms with van der Waals surface area (Å²) in [6.07, 6.45) is 7.28. The molecule has 0 atom stereocenters. The van der Waals surface area contributed by atoms with Crippen LogP contribution in [0.15, 0.2) is 243 Å². The first-order valence-corrected chi connectivity index (χ1v) is 52.2. The van der Waals surface area contributed by atoms with Crippen molar-refractivity contribution >= 4 is 129 Å². The molecule has 0 aliphatic carbocycles. The Hall–Kier alpha value is -17.3. The van der Waals surface area contributed by atoms with E-state index in [0.29, 0.717) is 81.6 Å². The second kappa shape index (κ2) is 54.2. The van der Waals surface area contributed by atoms with E-state index in [9.17, 15) is 53.9 Å². The maximum absolute atomic E-state index is 12.3. The van der Waals surface area contributed by atoms with Gasteiger partial charge in [0, 0.05) is 143 Å². The van der Waals surface area contributed by atoms with E-state index in [1.165, 1.54) is 12.7 Å². The molecule has 774 valence electrons. The fourth-order valence-corrected chi connectivity index (χ4v) is 19.3. The number of aromatic nitrogens is 5. The molecule has 30 nitrogen and oxygen atoms in total. The van der Waals surface area contributed by atoms with Crippen molar-refractivity contribution in [1.29, 1.82) is 26.3 Å². The number of alkyl halides is 1. The third-order valence-corrected chi connectivity index (χ3v) is 26.4. The molecule has 0 saturated heterocycles. The van der Waals surface area contributed by atoms with Crippen LogP contribution in [0.5, 0.6) is 28.7 Å². The average Bonchev–Trinajstić information content (AvgIpc) is 1.63. The number of hydrogen-bond acceptors (Lipinski definition) is 17. The van der Waals surface area contributed by atoms with Crippen molar-refractivity contribution in [3.63, 3.8) is 0 Å². The van der Waals surface area contributed by atoms with E-state index in [4.69, 9.17) is 35.3 Å². The number of benzene rings is 11. The van der Waals surface area contributed by atoms with Crippen LogP contribution in [-0.2, 0) is 53.9 Å². The number of ether oxygens (including phenoxy) is 6. The molecule has 16 aromatic rings. The van der Waals surface area contributed by atoms with Crippen molar-refractivity contribution in [1.82, 2.24) is 38.8 Å². The summed E-state index contributed by atoms with van der Waals surface area (Å²) in [7, 11) is 6.06. The van der Waals surface area contributed by atoms with Gasteiger partial charge in [0.2, 0.25) is 10.0 Å². The van der Waals surface area contributed by atoms with Gasteiger partial charge in [-0.3, -0.25) is 10.0 Å². The van der Waals surface area contributed by atoms with Gasteiger partial charge >= 0.3 is 24.2 Å². The average molecular weight is 2060 g/mol. The maximum atomic E-state index is 12.3. The third kappa shape index (κ3) is 27.3. The van der Waals surface area contributed by atoms with Crippen molar-refractivity contribution in [2.75, 3.05) is 93.4 Å². The van der Waals surface area contributed by atoms with Crippen LogP contribution in [-0.4, -0.2) is 129 Å². The molecule has 150 heavy (non-hydrogen) atoms. The zero-order valence-electron chi connectivity index (χ0n) is 87.1. The van der Waals surface area contributed by atoms with Crippen LogP contribution in [0.3, 0.4) is 0 Å². The van der Waals surface area contributed by atoms with Crippen LogP contribution in [0.25, 0.3) is 111 Å². The second-order valence-corrected chi connectivity index (χ2v) is 37.6. The Morgan fingerprint density at radius 1 is 0.340 bits per heavy atom. The van der Waals surface area contributed by atoms with Gasteiger partial charge in [0.05, 0.1) is 132 Å². The minimum Gasteiger partial charge on any atom is -0.497 e. The number of rotatable bonds is 36. The normalized spacial score (nSPS) is 10.8. The lowest BCUT2D eigenvalue weighted by atomic mass is 10.1. The van der Waals surface area contributed by atoms with Gasteiger partial charge < -0.3 is 83.2 Å². The van der Waals surface area contributed by atoms with Gasteiger partial charge in [-0.05, 0) is 220 Å². The van der Waals surface area contributed by atoms with E-state index in [0.717, 1.165) is 224 Å². The Labute approximate surface area is 881 Å². The molecule has 0 aliphatic heterocycles. The molecule has 16 rings (SSSR count). The summed E-state index contributed by atoms with van der Waals surface area (Å²) in [5.41, 5.74) is 21.3. The number of carbonyl (C=O) groups is 4. The quantitative estimate of drug-likeness (QED) is 0.0134. The van der Waals surface area contributed by atoms with Gasteiger partial charge in [-0.2, -0.15) is 26.3 Å². The van der Waals surface area contributed by atoms with Crippen molar-refractivity contribution in [3.8, 4) is 115 Å². The fraction of sp³-hybridized carbons (Fsp3) is 0.280. The number of urea groups is 3. The summed E-state index contributed by atoms with van der Waals surface area (Å²) in [5.74, 6) is 4.05. The minimum absolute atomic E-state index is 0.0244. The van der Waals surface area contributed by atoms with Gasteiger partial charge in [0.1, 0.15) is 59.1 Å². The highest BCUT2D eigenvalue weighted by atomic mass is 35.5. The van der Waals surface area contributed by atoms with E-state index >= 15 is 0 Å². The zero-order valence-corrected chi connectivity index (χ0v) is 88.6. The van der Waals surface area contributed by atoms with Crippen LogP contribution in [0, 0.1) is 56.7 Å². The molecule has 5 aromatic heterocycles. The van der Waals surface area contributed by atoms with Crippen molar-refractivity contribution < 1.29 is 56.0 Å². The van der Waals surface area contributed by atoms with Crippen LogP contribution < -0.4 is 65.6 Å². The summed E-state index contributed by atoms with van der Waals surface area (Å²) in [5, 5.41) is 73.7. The molecule has 0 saturated carbocycles. The SMILES string of the molecule is CCCCNC(=O)Nc1ccc(-c2c(C#N)c3ccc(OC)cc3n2CCC)cc1.CCCn1c(-c2ccc(NC(=O)NC(C)C)cc2)c(C#N)c2ccc(OC)cc21.CCCn1c(-c2ccc(NC(=O)NCCc3ccccc3)cc2)c(C#N)c2ccc(OC)cc21.CCCn1c(-c2ccc(NC(=O)OC)cc2)c(C#N)c2ccc(OC)cc21.CCCn1c(-c2ccc(NS(=O)(=O)CCCCl)cc2)c(C#N)c2ccc(OC)cc21. The van der Waals surface area contributed by atoms with Crippen LogP contribution in [0.1, 0.15) is 140 Å². The van der Waals surface area contributed by atoms with Crippen LogP contribution >= 0.6 is 11.6 Å². The molecule has 0 unspecified atom stereocenters. The fourth-order valence-electron chi connectivity index (χ4n) is 17.9. The number of hydrogen-bond donors (Lipinski definition) is 8. The van der Waals surface area contributed by atoms with E-state index in [-0.39, 0.29) is 29.9 Å². The Balaban J connectivity index is 0.000000166. The second-order valence-electron chi connectivity index (χ2n) is 35.4. The highest BCUT2D eigenvalue weighted by molar-refractivity contribution is 7.92. The van der Waals surface area contributed by atoms with Gasteiger partial charge in [0.25, 0.3) is 0 Å². The Bertz CT molecular complexity index is 7750. The number of nitrogens with zero attached hydrogens (tertiary/aromatic N) is 10. The summed E-state index contributed by atoms with van der Waals surface area (Å²) < 4.78 is 69.1.